The molecule has 0 saturated carbocycles. The lowest BCUT2D eigenvalue weighted by atomic mass is 9.92. The predicted octanol–water partition coefficient (Wildman–Crippen LogP) is -5.64. The van der Waals surface area contributed by atoms with Crippen LogP contribution in [0.2, 0.25) is 0 Å². The molecule has 0 aromatic rings. The fourth-order valence-electron chi connectivity index (χ4n) is 4.43. The zero-order chi connectivity index (χ0) is 26.0. The van der Waals surface area contributed by atoms with Crippen LogP contribution in [0.1, 0.15) is 6.92 Å². The fraction of sp³-hybridized carbons (Fsp3) is 1.00. The van der Waals surface area contributed by atoms with Crippen molar-refractivity contribution >= 4 is 0 Å². The second kappa shape index (κ2) is 12.3. The summed E-state index contributed by atoms with van der Waals surface area (Å²) in [5, 5.41) is 91.0. The molecule has 3 heterocycles. The summed E-state index contributed by atoms with van der Waals surface area (Å²) in [5.74, 6) is -0.819. The van der Waals surface area contributed by atoms with Gasteiger partial charge in [0.15, 0.2) is 18.9 Å². The predicted molar refractivity (Wildman–Crippen MR) is 109 cm³/mol. The Hall–Kier alpha value is -0.600. The molecule has 35 heavy (non-hydrogen) atoms. The van der Waals surface area contributed by atoms with Crippen molar-refractivity contribution in [2.75, 3.05) is 26.9 Å². The van der Waals surface area contributed by atoms with Crippen LogP contribution in [0.4, 0.5) is 0 Å². The van der Waals surface area contributed by atoms with E-state index in [4.69, 9.17) is 28.4 Å². The van der Waals surface area contributed by atoms with E-state index in [1.807, 2.05) is 0 Å². The van der Waals surface area contributed by atoms with Crippen LogP contribution in [0, 0.1) is 5.92 Å². The molecule has 3 fully saturated rings. The molecule has 15 nitrogen and oxygen atoms in total. The minimum absolute atomic E-state index is 0.621. The van der Waals surface area contributed by atoms with Crippen molar-refractivity contribution in [3.8, 4) is 0 Å². The molecule has 0 radical (unpaired) electrons. The number of ether oxygens (including phenoxy) is 6. The van der Waals surface area contributed by atoms with Gasteiger partial charge in [0.05, 0.1) is 25.9 Å². The third-order valence-electron chi connectivity index (χ3n) is 6.64. The van der Waals surface area contributed by atoms with Crippen LogP contribution >= 0.6 is 0 Å². The van der Waals surface area contributed by atoms with E-state index in [0.717, 1.165) is 0 Å². The third kappa shape index (κ3) is 5.79. The first kappa shape index (κ1) is 29.0. The molecule has 3 rings (SSSR count). The second-order valence-corrected chi connectivity index (χ2v) is 8.92. The molecule has 15 atom stereocenters. The Morgan fingerprint density at radius 3 is 1.46 bits per heavy atom. The molecule has 0 bridgehead atoms. The van der Waals surface area contributed by atoms with Gasteiger partial charge in [-0.25, -0.2) is 0 Å². The van der Waals surface area contributed by atoms with Crippen molar-refractivity contribution in [3.63, 3.8) is 0 Å². The summed E-state index contributed by atoms with van der Waals surface area (Å²) >= 11 is 0. The van der Waals surface area contributed by atoms with Gasteiger partial charge in [0.1, 0.15) is 61.0 Å². The fourth-order valence-corrected chi connectivity index (χ4v) is 4.43. The van der Waals surface area contributed by atoms with E-state index in [1.165, 1.54) is 14.0 Å². The monoisotopic (exact) mass is 516 g/mol. The van der Waals surface area contributed by atoms with Crippen molar-refractivity contribution in [3.05, 3.63) is 0 Å². The molecule has 3 aliphatic rings. The summed E-state index contributed by atoms with van der Waals surface area (Å²) in [7, 11) is 1.23. The summed E-state index contributed by atoms with van der Waals surface area (Å²) in [4.78, 5) is 0. The molecular formula is C20H36O15. The summed E-state index contributed by atoms with van der Waals surface area (Å²) in [6.07, 6.45) is -20.0. The van der Waals surface area contributed by atoms with E-state index in [1.54, 1.807) is 0 Å². The summed E-state index contributed by atoms with van der Waals surface area (Å²) in [5.41, 5.74) is 0. The summed E-state index contributed by atoms with van der Waals surface area (Å²) in [6.45, 7) is -0.488. The summed E-state index contributed by atoms with van der Waals surface area (Å²) in [6, 6.07) is 0. The highest BCUT2D eigenvalue weighted by molar-refractivity contribution is 4.95. The molecule has 15 heteroatoms. The standard InChI is InChI=1S/C20H36O15/c1-6-10(24)11(25)7(3-21)31-18(6)34-16-9(5-23)33-20(15(29)13(16)27)35-17-8(4-22)32-19(30-2)14(28)12(17)26/h6-29H,3-5H2,1-2H3. The van der Waals surface area contributed by atoms with Crippen molar-refractivity contribution in [1.29, 1.82) is 0 Å². The highest BCUT2D eigenvalue weighted by Crippen LogP contribution is 2.33. The van der Waals surface area contributed by atoms with Gasteiger partial charge in [0.25, 0.3) is 0 Å². The van der Waals surface area contributed by atoms with Gasteiger partial charge in [-0.05, 0) is 0 Å². The number of hydrogen-bond donors (Lipinski definition) is 9. The van der Waals surface area contributed by atoms with E-state index in [2.05, 4.69) is 0 Å². The van der Waals surface area contributed by atoms with Gasteiger partial charge in [-0.3, -0.25) is 0 Å². The first-order chi connectivity index (χ1) is 16.6. The third-order valence-corrected chi connectivity index (χ3v) is 6.64. The van der Waals surface area contributed by atoms with Crippen LogP contribution in [0.5, 0.6) is 0 Å². The molecular weight excluding hydrogens is 480 g/mol. The molecule has 3 aliphatic heterocycles. The first-order valence-electron chi connectivity index (χ1n) is 11.3. The van der Waals surface area contributed by atoms with Crippen molar-refractivity contribution in [2.24, 2.45) is 5.92 Å². The van der Waals surface area contributed by atoms with Gasteiger partial charge >= 0.3 is 0 Å². The van der Waals surface area contributed by atoms with Crippen LogP contribution in [-0.2, 0) is 28.4 Å². The normalized spacial score (nSPS) is 51.3. The van der Waals surface area contributed by atoms with E-state index >= 15 is 0 Å². The molecule has 206 valence electrons. The molecule has 0 aromatic heterocycles. The number of rotatable bonds is 8. The van der Waals surface area contributed by atoms with Crippen LogP contribution in [0.15, 0.2) is 0 Å². The number of methoxy groups -OCH3 is 1. The van der Waals surface area contributed by atoms with Gasteiger partial charge in [-0.1, -0.05) is 6.92 Å². The van der Waals surface area contributed by atoms with Crippen molar-refractivity contribution in [2.45, 2.75) is 92.9 Å². The van der Waals surface area contributed by atoms with E-state index < -0.39 is 112 Å². The Labute approximate surface area is 200 Å². The number of aliphatic hydroxyl groups is 9. The molecule has 9 N–H and O–H groups in total. The quantitative estimate of drug-likeness (QED) is 0.146. The minimum atomic E-state index is -1.80. The number of aliphatic hydroxyl groups excluding tert-OH is 9. The SMILES string of the molecule is COC1OC(CO)C(OC2OC(CO)C(OC3OC(CO)C(O)C(O)C3C)C(O)C2O)C(O)C1O. The number of hydrogen-bond acceptors (Lipinski definition) is 15. The van der Waals surface area contributed by atoms with Crippen molar-refractivity contribution in [1.82, 2.24) is 0 Å². The van der Waals surface area contributed by atoms with Crippen molar-refractivity contribution < 1.29 is 74.4 Å². The maximum Gasteiger partial charge on any atom is 0.187 e. The average Bonchev–Trinajstić information content (AvgIpc) is 2.86. The van der Waals surface area contributed by atoms with Gasteiger partial charge < -0.3 is 74.4 Å². The van der Waals surface area contributed by atoms with Gasteiger partial charge in [0.2, 0.25) is 0 Å². The lowest BCUT2D eigenvalue weighted by Gasteiger charge is -2.48. The second-order valence-electron chi connectivity index (χ2n) is 8.92. The first-order valence-corrected chi connectivity index (χ1v) is 11.3. The Kier molecular flexibility index (Phi) is 10.2. The minimum Gasteiger partial charge on any atom is -0.394 e. The van der Waals surface area contributed by atoms with Crippen LogP contribution in [0.25, 0.3) is 0 Å². The highest BCUT2D eigenvalue weighted by atomic mass is 16.8. The zero-order valence-electron chi connectivity index (χ0n) is 19.3. The molecule has 0 aromatic carbocycles. The average molecular weight is 516 g/mol. The van der Waals surface area contributed by atoms with Crippen LogP contribution in [0.3, 0.4) is 0 Å². The Morgan fingerprint density at radius 2 is 0.971 bits per heavy atom. The molecule has 3 saturated heterocycles. The maximum absolute atomic E-state index is 10.7. The van der Waals surface area contributed by atoms with E-state index in [0.29, 0.717) is 0 Å². The molecule has 0 amide bonds. The lowest BCUT2D eigenvalue weighted by molar-refractivity contribution is -0.375. The molecule has 15 unspecified atom stereocenters. The molecule has 0 spiro atoms. The largest absolute Gasteiger partial charge is 0.394 e. The van der Waals surface area contributed by atoms with Crippen LogP contribution < -0.4 is 0 Å². The van der Waals surface area contributed by atoms with Gasteiger partial charge in [0, 0.05) is 13.0 Å². The molecule has 0 aliphatic carbocycles. The summed E-state index contributed by atoms with van der Waals surface area (Å²) < 4.78 is 32.6. The highest BCUT2D eigenvalue weighted by Gasteiger charge is 2.53. The van der Waals surface area contributed by atoms with Crippen LogP contribution in [-0.4, -0.2) is 159 Å². The van der Waals surface area contributed by atoms with Gasteiger partial charge in [-0.15, -0.1) is 0 Å². The smallest absolute Gasteiger partial charge is 0.187 e. The van der Waals surface area contributed by atoms with Gasteiger partial charge in [-0.2, -0.15) is 0 Å². The van der Waals surface area contributed by atoms with E-state index in [-0.39, 0.29) is 0 Å². The Balaban J connectivity index is 1.72. The Bertz CT molecular complexity index is 650. The van der Waals surface area contributed by atoms with E-state index in [9.17, 15) is 46.0 Å². The maximum atomic E-state index is 10.7. The zero-order valence-corrected chi connectivity index (χ0v) is 19.3. The topological polar surface area (TPSA) is 237 Å². The Morgan fingerprint density at radius 1 is 0.543 bits per heavy atom. The lowest BCUT2D eigenvalue weighted by Crippen LogP contribution is -2.66.